The van der Waals surface area contributed by atoms with Crippen LogP contribution < -0.4 is 280 Å². The average molecular weight is 2610 g/mol. The second-order valence-electron chi connectivity index (χ2n) is 5.15. The van der Waals surface area contributed by atoms with Crippen LogP contribution in [0.5, 0.6) is 11.5 Å². The minimum absolute atomic E-state index is 0. The van der Waals surface area contributed by atoms with Crippen LogP contribution in [0.15, 0.2) is 48.5 Å². The molecule has 2 rings (SSSR count). The molecule has 0 heterocycles. The van der Waals surface area contributed by atoms with Crippen molar-refractivity contribution in [2.75, 3.05) is 0 Å². The fourth-order valence-corrected chi connectivity index (χ4v) is 3.05. The van der Waals surface area contributed by atoms with Crippen LogP contribution in [0.1, 0.15) is 11.1 Å². The number of hydrogen-bond acceptors (Lipinski definition) is 18. The minimum atomic E-state index is -4.20. The molecule has 0 fully saturated rings. The zero-order chi connectivity index (χ0) is 30.8. The zero-order valence-corrected chi connectivity index (χ0v) is 66.4. The Bertz CT molecular complexity index is 941. The summed E-state index contributed by atoms with van der Waals surface area (Å²) < 4.78 is 153. The van der Waals surface area contributed by atoms with Crippen molar-refractivity contribution in [1.82, 2.24) is 0 Å². The Morgan fingerprint density at radius 1 is 0.333 bits per heavy atom. The van der Waals surface area contributed by atoms with Crippen LogP contribution in [-0.4, -0.2) is 126 Å². The Labute approximate surface area is 525 Å². The van der Waals surface area contributed by atoms with Gasteiger partial charge in [-0.25, -0.2) is 0 Å². The summed E-state index contributed by atoms with van der Waals surface area (Å²) in [4.78, 5) is 0. The number of rotatable bonds is 4. The monoisotopic (exact) mass is 2600 g/mol. The van der Waals surface area contributed by atoms with E-state index in [0.29, 0.717) is 11.5 Å². The summed E-state index contributed by atoms with van der Waals surface area (Å²) in [5.41, 5.74) is 2.16. The average Bonchev–Trinajstić information content (AvgIpc) is 2.70. The molecule has 0 spiro atoms. The molecule has 2 aromatic carbocycles. The first-order valence-electron chi connectivity index (χ1n) is 8.34. The van der Waals surface area contributed by atoms with Gasteiger partial charge >= 0.3 is 269 Å². The second kappa shape index (κ2) is 95.5. The third-order valence-electron chi connectivity index (χ3n) is 2.40. The van der Waals surface area contributed by atoms with E-state index in [9.17, 15) is 12.8 Å². The molecule has 6 radical (unpaired) electrons. The summed E-state index contributed by atoms with van der Waals surface area (Å²) in [5, 5.41) is 0. The van der Waals surface area contributed by atoms with E-state index in [1.165, 1.54) is 0 Å². The molecular formula is C14H40F6I10O18Sb6. The molecule has 54 heavy (non-hydrogen) atoms. The van der Waals surface area contributed by atoms with Gasteiger partial charge in [0.05, 0.1) is 0 Å². The van der Waals surface area contributed by atoms with Crippen LogP contribution in [0, 0.1) is 13.8 Å². The second-order valence-corrected chi connectivity index (χ2v) is 13.9. The number of benzene rings is 2. The van der Waals surface area contributed by atoms with Gasteiger partial charge in [-0.3, -0.25) is 28.2 Å². The molecule has 0 aliphatic carbocycles. The predicted molar refractivity (Wildman–Crippen MR) is 145 cm³/mol. The first-order valence-corrected chi connectivity index (χ1v) is 27.1. The molecule has 2 aromatic rings. The fourth-order valence-electron chi connectivity index (χ4n) is 1.37. The van der Waals surface area contributed by atoms with Gasteiger partial charge in [-0.1, -0.05) is 0 Å². The molecule has 0 atom stereocenters. The summed E-state index contributed by atoms with van der Waals surface area (Å²) in [6, 6.07) is 13.8. The maximum absolute atomic E-state index is 10.2. The van der Waals surface area contributed by atoms with Gasteiger partial charge in [0.1, 0.15) is 0 Å². The van der Waals surface area contributed by atoms with Crippen molar-refractivity contribution >= 4 is 126 Å². The third kappa shape index (κ3) is 161. The molecular weight excluding hydrogens is 2570 g/mol. The van der Waals surface area contributed by atoms with Crippen molar-refractivity contribution in [2.45, 2.75) is 13.8 Å². The summed E-state index contributed by atoms with van der Waals surface area (Å²) in [6.07, 6.45) is 0. The quantitative estimate of drug-likeness (QED) is 0.156. The first-order chi connectivity index (χ1) is 17.3. The first kappa shape index (κ1) is 131. The predicted octanol–water partition coefficient (Wildman–Crippen LogP) is -45.6. The summed E-state index contributed by atoms with van der Waals surface area (Å²) in [7, 11) is 0. The summed E-state index contributed by atoms with van der Waals surface area (Å²) in [6.45, 7) is 3.85. The van der Waals surface area contributed by atoms with E-state index >= 15 is 0 Å². The molecule has 346 valence electrons. The van der Waals surface area contributed by atoms with Crippen LogP contribution >= 0.6 is 0 Å². The molecule has 0 N–H and O–H groups in total. The molecule has 0 aromatic heterocycles. The maximum atomic E-state index is 10.2. The van der Waals surface area contributed by atoms with Gasteiger partial charge < -0.3 is 0 Å². The van der Waals surface area contributed by atoms with E-state index < -0.39 is 126 Å². The van der Waals surface area contributed by atoms with E-state index in [2.05, 4.69) is 6.03 Å². The molecule has 18 nitrogen and oxygen atoms in total. The Hall–Kier alpha value is 8.23. The van der Waals surface area contributed by atoms with Gasteiger partial charge in [-0.15, -0.1) is 0 Å². The van der Waals surface area contributed by atoms with Gasteiger partial charge in [0, 0.05) is 0 Å². The van der Waals surface area contributed by atoms with Gasteiger partial charge in [-0.2, -0.15) is 0 Å². The van der Waals surface area contributed by atoms with Crippen molar-refractivity contribution in [3.05, 3.63) is 59.7 Å². The summed E-state index contributed by atoms with van der Waals surface area (Å²) in [5.74, 6) is 0.812. The molecule has 0 saturated heterocycles. The van der Waals surface area contributed by atoms with Crippen LogP contribution in [-0.2, 0) is 18.1 Å². The van der Waals surface area contributed by atoms with E-state index in [1.807, 2.05) is 13.8 Å². The Kier molecular flexibility index (Phi) is 231. The van der Waals surface area contributed by atoms with Crippen LogP contribution in [0.25, 0.3) is 0 Å². The standard InChI is InChI=1S/2C7H8O.6FH.10H2I.16O.6Sb/c2*1-6-2-4-7(8)5-3-6;;;;;;;;;;;;;;;;;;;;;;;;;;;;;;;;;;;;;;/h2*2-5,8H,1H3;6*1H;10*1H2;;;;;;;;;;;;;;;;;;;;;;/q;;;;;;;;10*+1;;;;;;;10*-1;;;;;2*+1/p-2. The van der Waals surface area contributed by atoms with Gasteiger partial charge in [0.25, 0.3) is 0 Å². The number of halogens is 16. The van der Waals surface area contributed by atoms with Crippen LogP contribution in [0.3, 0.4) is 0 Å². The molecule has 0 aliphatic heterocycles. The Balaban J connectivity index is -0.0000000142. The molecule has 40 heteroatoms. The number of hydrogen-bond donors (Lipinski definition) is 0. The Morgan fingerprint density at radius 2 is 0.444 bits per heavy atom. The Morgan fingerprint density at radius 3 is 0.537 bits per heavy atom. The van der Waals surface area contributed by atoms with Crippen molar-refractivity contribution in [3.8, 4) is 11.5 Å². The van der Waals surface area contributed by atoms with Crippen LogP contribution in [0.2, 0.25) is 0 Å². The van der Waals surface area contributed by atoms with E-state index in [0.717, 1.165) is 11.1 Å². The van der Waals surface area contributed by atoms with Crippen molar-refractivity contribution in [3.63, 3.8) is 0 Å². The van der Waals surface area contributed by atoms with Crippen LogP contribution in [0.4, 0.5) is 28.2 Å². The van der Waals surface area contributed by atoms with E-state index in [4.69, 9.17) is 39.2 Å². The van der Waals surface area contributed by atoms with Gasteiger partial charge in [-0.05, 0) is 0 Å². The van der Waals surface area contributed by atoms with Crippen molar-refractivity contribution < 1.29 is 326 Å². The molecule has 0 unspecified atom stereocenters. The van der Waals surface area contributed by atoms with Gasteiger partial charge in [0.15, 0.2) is 0 Å². The van der Waals surface area contributed by atoms with Gasteiger partial charge in [0.2, 0.25) is 240 Å². The molecule has 0 aliphatic rings. The molecule has 0 amide bonds. The van der Waals surface area contributed by atoms with E-state index in [1.54, 1.807) is 48.5 Å². The summed E-state index contributed by atoms with van der Waals surface area (Å²) >= 11 is -24.4. The normalized spacial score (nSPS) is 5.70. The molecule has 0 bridgehead atoms. The fraction of sp³-hybridized carbons (Fsp3) is 0.143. The third-order valence-corrected chi connectivity index (χ3v) is 4.46. The topological polar surface area (TPSA) is 351 Å². The number of aryl methyl sites for hydroxylation is 2. The molecule has 0 saturated carbocycles. The van der Waals surface area contributed by atoms with E-state index in [-0.39, 0.29) is 268 Å². The van der Waals surface area contributed by atoms with Crippen molar-refractivity contribution in [2.24, 2.45) is 0 Å². The SMILES string of the molecule is Cc1ccc([O][Sb](=[O])[O-])cc1.Cc1ccc([O][Sb](=[O])[O-])cc1.F.F.F.F.F.F.[IH2+].[IH2+].[IH2+].[IH2+].[IH2+].[IH2+].[IH2+].[IH2+].[IH2+].[IH2+].[O]=[Sb]([O-])[O-].[O]=[Sb]([O-])[O-].[O]=[Sb]([O-])[O-].[O]=[Sb]([O-])[O-]. The van der Waals surface area contributed by atoms with Crippen molar-refractivity contribution in [1.29, 1.82) is 0 Å². The zero-order valence-electron chi connectivity index (χ0n) is 25.6.